The number of carbonyl (C=O) groups is 2. The van der Waals surface area contributed by atoms with Crippen LogP contribution in [0.3, 0.4) is 0 Å². The van der Waals surface area contributed by atoms with E-state index in [0.29, 0.717) is 5.69 Å². The van der Waals surface area contributed by atoms with E-state index in [-0.39, 0.29) is 11.5 Å². The number of benzene rings is 1. The van der Waals surface area contributed by atoms with Crippen LogP contribution in [0, 0.1) is 6.92 Å². The second-order valence-electron chi connectivity index (χ2n) is 4.70. The summed E-state index contributed by atoms with van der Waals surface area (Å²) in [7, 11) is 0. The molecule has 1 atom stereocenters. The minimum atomic E-state index is -0.991. The van der Waals surface area contributed by atoms with E-state index in [0.717, 1.165) is 5.56 Å². The molecule has 0 aliphatic heterocycles. The van der Waals surface area contributed by atoms with Crippen molar-refractivity contribution >= 4 is 23.4 Å². The normalized spacial score (nSPS) is 11.5. The topological polar surface area (TPSA) is 107 Å². The predicted octanol–water partition coefficient (Wildman–Crippen LogP) is 1.55. The molecule has 7 heteroatoms. The molecular formula is C15H16N4O3. The van der Waals surface area contributed by atoms with Crippen LogP contribution in [-0.2, 0) is 9.53 Å². The molecule has 1 heterocycles. The zero-order valence-electron chi connectivity index (χ0n) is 12.2. The van der Waals surface area contributed by atoms with Crippen LogP contribution in [0.5, 0.6) is 0 Å². The molecule has 2 rings (SSSR count). The molecule has 1 aromatic heterocycles. The number of hydrogen-bond acceptors (Lipinski definition) is 6. The molecule has 7 nitrogen and oxygen atoms in total. The maximum absolute atomic E-state index is 12.0. The summed E-state index contributed by atoms with van der Waals surface area (Å²) in [5.74, 6) is -1.28. The molecule has 1 aromatic carbocycles. The highest BCUT2D eigenvalue weighted by atomic mass is 16.5. The van der Waals surface area contributed by atoms with E-state index in [9.17, 15) is 9.59 Å². The molecule has 1 amide bonds. The number of nitrogen functional groups attached to an aromatic ring is 1. The smallest absolute Gasteiger partial charge is 0.361 e. The third-order valence-electron chi connectivity index (χ3n) is 2.86. The third kappa shape index (κ3) is 3.78. The Kier molecular flexibility index (Phi) is 4.67. The maximum Gasteiger partial charge on any atom is 0.361 e. The molecule has 2 aromatic rings. The van der Waals surface area contributed by atoms with Gasteiger partial charge in [-0.05, 0) is 31.5 Å². The van der Waals surface area contributed by atoms with Crippen LogP contribution in [-0.4, -0.2) is 27.9 Å². The quantitative estimate of drug-likeness (QED) is 0.830. The van der Waals surface area contributed by atoms with Crippen LogP contribution in [0.4, 0.5) is 11.5 Å². The van der Waals surface area contributed by atoms with E-state index in [1.165, 1.54) is 19.3 Å². The van der Waals surface area contributed by atoms with Gasteiger partial charge in [0.15, 0.2) is 17.6 Å². The molecule has 0 spiro atoms. The Hall–Kier alpha value is -2.96. The minimum absolute atomic E-state index is 0.0428. The standard InChI is InChI=1S/C15H16N4O3/c1-9-4-3-5-11(8-9)19-14(20)10(2)22-15(21)12-13(16)18-7-6-17-12/h3-8,10H,1-2H3,(H2,16,18)(H,19,20)/t10-/m1/s1. The second kappa shape index (κ2) is 6.66. The van der Waals surface area contributed by atoms with Crippen LogP contribution in [0.1, 0.15) is 23.0 Å². The number of esters is 1. The Bertz CT molecular complexity index is 703. The van der Waals surface area contributed by atoms with Crippen molar-refractivity contribution < 1.29 is 14.3 Å². The van der Waals surface area contributed by atoms with Gasteiger partial charge in [0.05, 0.1) is 0 Å². The van der Waals surface area contributed by atoms with Crippen molar-refractivity contribution in [2.45, 2.75) is 20.0 Å². The maximum atomic E-state index is 12.0. The molecule has 0 saturated heterocycles. The van der Waals surface area contributed by atoms with Gasteiger partial charge >= 0.3 is 5.97 Å². The summed E-state index contributed by atoms with van der Waals surface area (Å²) in [6, 6.07) is 7.30. The second-order valence-corrected chi connectivity index (χ2v) is 4.70. The first-order valence-electron chi connectivity index (χ1n) is 6.62. The Morgan fingerprint density at radius 1 is 1.27 bits per heavy atom. The number of hydrogen-bond donors (Lipinski definition) is 2. The first kappa shape index (κ1) is 15.4. The summed E-state index contributed by atoms with van der Waals surface area (Å²) in [5, 5.41) is 2.67. The molecular weight excluding hydrogens is 284 g/mol. The number of rotatable bonds is 4. The number of nitrogens with one attached hydrogen (secondary N) is 1. The van der Waals surface area contributed by atoms with Gasteiger partial charge in [0.25, 0.3) is 5.91 Å². The average molecular weight is 300 g/mol. The fourth-order valence-electron chi connectivity index (χ4n) is 1.74. The summed E-state index contributed by atoms with van der Waals surface area (Å²) in [5.41, 5.74) is 7.07. The van der Waals surface area contributed by atoms with Crippen molar-refractivity contribution in [1.29, 1.82) is 0 Å². The lowest BCUT2D eigenvalue weighted by molar-refractivity contribution is -0.123. The molecule has 0 radical (unpaired) electrons. The van der Waals surface area contributed by atoms with Crippen LogP contribution < -0.4 is 11.1 Å². The van der Waals surface area contributed by atoms with Gasteiger partial charge in [0, 0.05) is 18.1 Å². The van der Waals surface area contributed by atoms with Crippen LogP contribution in [0.25, 0.3) is 0 Å². The molecule has 0 saturated carbocycles. The number of amides is 1. The molecule has 0 aliphatic rings. The van der Waals surface area contributed by atoms with E-state index in [1.807, 2.05) is 25.1 Å². The number of nitrogens with two attached hydrogens (primary N) is 1. The van der Waals surface area contributed by atoms with E-state index >= 15 is 0 Å². The summed E-state index contributed by atoms with van der Waals surface area (Å²) in [6.45, 7) is 3.38. The highest BCUT2D eigenvalue weighted by molar-refractivity contribution is 5.98. The Morgan fingerprint density at radius 2 is 2.00 bits per heavy atom. The zero-order chi connectivity index (χ0) is 16.1. The van der Waals surface area contributed by atoms with Crippen LogP contribution in [0.2, 0.25) is 0 Å². The zero-order valence-corrected chi connectivity index (χ0v) is 12.2. The van der Waals surface area contributed by atoms with Gasteiger partial charge in [-0.1, -0.05) is 12.1 Å². The molecule has 0 aliphatic carbocycles. The van der Waals surface area contributed by atoms with Gasteiger partial charge in [0.1, 0.15) is 0 Å². The summed E-state index contributed by atoms with van der Waals surface area (Å²) in [6.07, 6.45) is 1.69. The van der Waals surface area contributed by atoms with Crippen molar-refractivity contribution in [2.75, 3.05) is 11.1 Å². The van der Waals surface area contributed by atoms with E-state index in [2.05, 4.69) is 15.3 Å². The predicted molar refractivity (Wildman–Crippen MR) is 81.1 cm³/mol. The lowest BCUT2D eigenvalue weighted by atomic mass is 10.2. The number of ether oxygens (including phenoxy) is 1. The van der Waals surface area contributed by atoms with Crippen molar-refractivity contribution in [1.82, 2.24) is 9.97 Å². The van der Waals surface area contributed by atoms with E-state index < -0.39 is 18.0 Å². The molecule has 22 heavy (non-hydrogen) atoms. The monoisotopic (exact) mass is 300 g/mol. The van der Waals surface area contributed by atoms with Gasteiger partial charge < -0.3 is 15.8 Å². The van der Waals surface area contributed by atoms with Crippen molar-refractivity contribution in [3.8, 4) is 0 Å². The van der Waals surface area contributed by atoms with Gasteiger partial charge in [-0.15, -0.1) is 0 Å². The fourth-order valence-corrected chi connectivity index (χ4v) is 1.74. The lowest BCUT2D eigenvalue weighted by Gasteiger charge is -2.13. The number of aromatic nitrogens is 2. The minimum Gasteiger partial charge on any atom is -0.448 e. The molecule has 0 bridgehead atoms. The molecule has 3 N–H and O–H groups in total. The number of carbonyl (C=O) groups excluding carboxylic acids is 2. The summed E-state index contributed by atoms with van der Waals surface area (Å²) < 4.78 is 5.05. The van der Waals surface area contributed by atoms with Gasteiger partial charge in [-0.3, -0.25) is 4.79 Å². The largest absolute Gasteiger partial charge is 0.448 e. The van der Waals surface area contributed by atoms with Crippen molar-refractivity contribution in [3.63, 3.8) is 0 Å². The molecule has 114 valence electrons. The van der Waals surface area contributed by atoms with Crippen LogP contribution >= 0.6 is 0 Å². The first-order chi connectivity index (χ1) is 10.5. The SMILES string of the molecule is Cc1cccc(NC(=O)[C@@H](C)OC(=O)c2nccnc2N)c1. The van der Waals surface area contributed by atoms with Gasteiger partial charge in [-0.2, -0.15) is 0 Å². The van der Waals surface area contributed by atoms with Crippen molar-refractivity contribution in [2.24, 2.45) is 0 Å². The highest BCUT2D eigenvalue weighted by Gasteiger charge is 2.21. The number of nitrogens with zero attached hydrogens (tertiary/aromatic N) is 2. The van der Waals surface area contributed by atoms with E-state index in [4.69, 9.17) is 10.5 Å². The molecule has 0 unspecified atom stereocenters. The first-order valence-corrected chi connectivity index (χ1v) is 6.62. The Labute approximate surface area is 127 Å². The number of anilines is 2. The Balaban J connectivity index is 1.99. The van der Waals surface area contributed by atoms with Crippen LogP contribution in [0.15, 0.2) is 36.7 Å². The van der Waals surface area contributed by atoms with Gasteiger partial charge in [0.2, 0.25) is 0 Å². The van der Waals surface area contributed by atoms with E-state index in [1.54, 1.807) is 6.07 Å². The third-order valence-corrected chi connectivity index (χ3v) is 2.86. The Morgan fingerprint density at radius 3 is 2.68 bits per heavy atom. The summed E-state index contributed by atoms with van der Waals surface area (Å²) in [4.78, 5) is 31.5. The highest BCUT2D eigenvalue weighted by Crippen LogP contribution is 2.12. The summed E-state index contributed by atoms with van der Waals surface area (Å²) >= 11 is 0. The average Bonchev–Trinajstić information content (AvgIpc) is 2.47. The fraction of sp³-hybridized carbons (Fsp3) is 0.200. The lowest BCUT2D eigenvalue weighted by Crippen LogP contribution is -2.30. The van der Waals surface area contributed by atoms with Crippen molar-refractivity contribution in [3.05, 3.63) is 47.9 Å². The number of aryl methyl sites for hydroxylation is 1. The molecule has 0 fully saturated rings. The van der Waals surface area contributed by atoms with Gasteiger partial charge in [-0.25, -0.2) is 14.8 Å².